The van der Waals surface area contributed by atoms with Gasteiger partial charge < -0.3 is 9.84 Å². The molecule has 0 heterocycles. The van der Waals surface area contributed by atoms with E-state index in [0.29, 0.717) is 17.9 Å². The summed E-state index contributed by atoms with van der Waals surface area (Å²) in [5, 5.41) is 9.78. The van der Waals surface area contributed by atoms with E-state index in [2.05, 4.69) is 4.99 Å². The van der Waals surface area contributed by atoms with E-state index in [1.165, 1.54) is 0 Å². The molecule has 1 aliphatic carbocycles. The van der Waals surface area contributed by atoms with E-state index in [9.17, 15) is 5.11 Å². The van der Waals surface area contributed by atoms with Crippen LogP contribution in [-0.2, 0) is 25.6 Å². The number of phenolic OH excluding ortho intramolecular Hbond substituents is 1. The van der Waals surface area contributed by atoms with Crippen molar-refractivity contribution in [3.8, 4) is 5.75 Å². The molecule has 0 bridgehead atoms. The van der Waals surface area contributed by atoms with Gasteiger partial charge in [0.25, 0.3) is 0 Å². The Hall–Kier alpha value is 0.113. The van der Waals surface area contributed by atoms with E-state index in [1.54, 1.807) is 13.3 Å². The van der Waals surface area contributed by atoms with E-state index < -0.39 is 20.8 Å². The number of hydrogen-bond acceptors (Lipinski definition) is 3. The number of ether oxygens (including phenoxy) is 1. The molecule has 1 aliphatic rings. The van der Waals surface area contributed by atoms with Gasteiger partial charge in [-0.05, 0) is 31.4 Å². The van der Waals surface area contributed by atoms with Gasteiger partial charge in [-0.1, -0.05) is 12.1 Å². The number of nitrogens with zero attached hydrogens (tertiary/aromatic N) is 1. The summed E-state index contributed by atoms with van der Waals surface area (Å²) in [7, 11) is 11.6. The third-order valence-electron chi connectivity index (χ3n) is 3.10. The van der Waals surface area contributed by atoms with E-state index in [4.69, 9.17) is 21.8 Å². The van der Waals surface area contributed by atoms with Crippen LogP contribution in [0.15, 0.2) is 23.2 Å². The Labute approximate surface area is 132 Å². The molecular formula is C13H17Cl2NO2Zr. The number of aromatic hydroxyl groups is 1. The molecule has 2 rings (SSSR count). The summed E-state index contributed by atoms with van der Waals surface area (Å²) in [4.78, 5) is 4.43. The molecule has 0 aliphatic heterocycles. The normalized spacial score (nSPS) is 21.5. The van der Waals surface area contributed by atoms with Crippen LogP contribution in [0, 0.1) is 6.92 Å². The number of benzene rings is 1. The monoisotopic (exact) mass is 379 g/mol. The molecule has 0 amide bonds. The molecule has 0 spiro atoms. The first kappa shape index (κ1) is 17.2. The summed E-state index contributed by atoms with van der Waals surface area (Å²) >= 11 is -0.826. The van der Waals surface area contributed by atoms with Crippen LogP contribution >= 0.6 is 17.0 Å². The molecule has 0 radical (unpaired) electrons. The first-order chi connectivity index (χ1) is 9.12. The van der Waals surface area contributed by atoms with Crippen molar-refractivity contribution < 1.29 is 30.7 Å². The minimum absolute atomic E-state index is 0.328. The van der Waals surface area contributed by atoms with Crippen molar-refractivity contribution in [2.75, 3.05) is 7.11 Å². The second kappa shape index (κ2) is 9.12. The summed E-state index contributed by atoms with van der Waals surface area (Å²) in [5.74, 6) is 0.328. The summed E-state index contributed by atoms with van der Waals surface area (Å²) in [5.41, 5.74) is 1.67. The van der Waals surface area contributed by atoms with Crippen LogP contribution in [-0.4, -0.2) is 30.6 Å². The number of para-hydroxylation sites is 1. The third kappa shape index (κ3) is 5.55. The molecule has 1 saturated carbocycles. The molecular weight excluding hydrogens is 364 g/mol. The van der Waals surface area contributed by atoms with Crippen molar-refractivity contribution >= 4 is 23.2 Å². The Kier molecular flexibility index (Phi) is 8.24. The van der Waals surface area contributed by atoms with Crippen molar-refractivity contribution in [3.63, 3.8) is 0 Å². The summed E-state index contributed by atoms with van der Waals surface area (Å²) < 4.78 is 5.19. The number of rotatable bonds is 3. The zero-order valence-electron chi connectivity index (χ0n) is 10.9. The number of halogens is 2. The quantitative estimate of drug-likeness (QED) is 0.812. The molecule has 1 N–H and O–H groups in total. The fourth-order valence-corrected chi connectivity index (χ4v) is 1.82. The molecule has 0 aromatic heterocycles. The second-order valence-electron chi connectivity index (χ2n) is 4.35. The van der Waals surface area contributed by atoms with Gasteiger partial charge in [0.2, 0.25) is 0 Å². The molecule has 0 atom stereocenters. The van der Waals surface area contributed by atoms with Crippen LogP contribution in [0.5, 0.6) is 5.75 Å². The fourth-order valence-electron chi connectivity index (χ4n) is 1.82. The zero-order valence-corrected chi connectivity index (χ0v) is 14.9. The third-order valence-corrected chi connectivity index (χ3v) is 3.10. The maximum atomic E-state index is 9.78. The second-order valence-corrected chi connectivity index (χ2v) is 8.08. The van der Waals surface area contributed by atoms with Gasteiger partial charge in [-0.2, -0.15) is 0 Å². The van der Waals surface area contributed by atoms with Crippen LogP contribution < -0.4 is 0 Å². The first-order valence-corrected chi connectivity index (χ1v) is 12.3. The van der Waals surface area contributed by atoms with E-state index in [1.807, 2.05) is 25.1 Å². The average Bonchev–Trinajstić information content (AvgIpc) is 2.33. The molecule has 1 aromatic rings. The minimum atomic E-state index is -0.826. The van der Waals surface area contributed by atoms with Crippen LogP contribution in [0.2, 0.25) is 0 Å². The number of phenols is 1. The summed E-state index contributed by atoms with van der Waals surface area (Å²) in [6.45, 7) is 1.89. The SMILES string of the molecule is COC1CC(N=Cc2cccc(C)c2O)C1.[Cl][Zr][Cl]. The van der Waals surface area contributed by atoms with Crippen molar-refractivity contribution in [1.29, 1.82) is 0 Å². The Morgan fingerprint density at radius 3 is 2.63 bits per heavy atom. The van der Waals surface area contributed by atoms with Gasteiger partial charge in [0.15, 0.2) is 0 Å². The fraction of sp³-hybridized carbons (Fsp3) is 0.462. The number of methoxy groups -OCH3 is 1. The molecule has 6 heteroatoms. The maximum absolute atomic E-state index is 9.78. The molecule has 1 fully saturated rings. The molecule has 19 heavy (non-hydrogen) atoms. The van der Waals surface area contributed by atoms with Gasteiger partial charge in [0.05, 0.1) is 12.1 Å². The van der Waals surface area contributed by atoms with Crippen molar-refractivity contribution in [2.24, 2.45) is 4.99 Å². The van der Waals surface area contributed by atoms with Crippen LogP contribution in [0.1, 0.15) is 24.0 Å². The predicted octanol–water partition coefficient (Wildman–Crippen LogP) is 3.67. The van der Waals surface area contributed by atoms with Crippen molar-refractivity contribution in [2.45, 2.75) is 31.9 Å². The molecule has 1 aromatic carbocycles. The van der Waals surface area contributed by atoms with Gasteiger partial charge in [-0.3, -0.25) is 4.99 Å². The molecule has 0 unspecified atom stereocenters. The Morgan fingerprint density at radius 2 is 2.05 bits per heavy atom. The average molecular weight is 381 g/mol. The molecule has 3 nitrogen and oxygen atoms in total. The Balaban J connectivity index is 0.000000550. The predicted molar refractivity (Wildman–Crippen MR) is 76.0 cm³/mol. The van der Waals surface area contributed by atoms with E-state index >= 15 is 0 Å². The van der Waals surface area contributed by atoms with Gasteiger partial charge in [-0.25, -0.2) is 0 Å². The Bertz CT molecular complexity index is 423. The number of hydrogen-bond donors (Lipinski definition) is 1. The number of aliphatic imine (C=N–C) groups is 1. The summed E-state index contributed by atoms with van der Waals surface area (Å²) in [6.07, 6.45) is 4.10. The first-order valence-electron chi connectivity index (χ1n) is 5.93. The Morgan fingerprint density at radius 1 is 1.42 bits per heavy atom. The van der Waals surface area contributed by atoms with E-state index in [0.717, 1.165) is 24.0 Å². The standard InChI is InChI=1S/C13H17NO2.2ClH.Zr/c1-9-4-3-5-10(13(9)15)8-14-11-6-12(7-11)16-2;;;/h3-5,8,11-12,15H,6-7H2,1-2H3;2*1H;/q;;;+2/p-2. The van der Waals surface area contributed by atoms with Crippen LogP contribution in [0.3, 0.4) is 0 Å². The van der Waals surface area contributed by atoms with Crippen LogP contribution in [0.25, 0.3) is 0 Å². The van der Waals surface area contributed by atoms with Gasteiger partial charge in [0.1, 0.15) is 5.75 Å². The van der Waals surface area contributed by atoms with E-state index in [-0.39, 0.29) is 0 Å². The van der Waals surface area contributed by atoms with Crippen molar-refractivity contribution in [1.82, 2.24) is 0 Å². The van der Waals surface area contributed by atoms with Gasteiger partial charge in [0, 0.05) is 18.9 Å². The zero-order chi connectivity index (χ0) is 14.3. The topological polar surface area (TPSA) is 41.8 Å². The van der Waals surface area contributed by atoms with Crippen LogP contribution in [0.4, 0.5) is 0 Å². The molecule has 104 valence electrons. The number of aryl methyl sites for hydroxylation is 1. The van der Waals surface area contributed by atoms with Gasteiger partial charge in [-0.15, -0.1) is 0 Å². The molecule has 0 saturated heterocycles. The van der Waals surface area contributed by atoms with Gasteiger partial charge >= 0.3 is 37.9 Å². The van der Waals surface area contributed by atoms with Crippen molar-refractivity contribution in [3.05, 3.63) is 29.3 Å². The summed E-state index contributed by atoms with van der Waals surface area (Å²) in [6, 6.07) is 6.04.